The molecule has 5 rings (SSSR count). The van der Waals surface area contributed by atoms with E-state index in [0.29, 0.717) is 5.54 Å². The number of hydrogen-bond donors (Lipinski definition) is 1. The molecule has 96 valence electrons. The average Bonchev–Trinajstić information content (AvgIpc) is 2.36. The van der Waals surface area contributed by atoms with Crippen LogP contribution in [-0.2, 0) is 6.54 Å². The molecule has 0 amide bonds. The van der Waals surface area contributed by atoms with Crippen molar-refractivity contribution < 1.29 is 0 Å². The Bertz CT molecular complexity index is 393. The van der Waals surface area contributed by atoms with Crippen LogP contribution in [0.3, 0.4) is 0 Å². The van der Waals surface area contributed by atoms with Crippen LogP contribution in [0.15, 0.2) is 18.6 Å². The topological polar surface area (TPSA) is 37.8 Å². The van der Waals surface area contributed by atoms with E-state index in [1.807, 2.05) is 6.20 Å². The van der Waals surface area contributed by atoms with E-state index in [-0.39, 0.29) is 0 Å². The lowest BCUT2D eigenvalue weighted by molar-refractivity contribution is -0.0207. The van der Waals surface area contributed by atoms with Gasteiger partial charge in [0.05, 0.1) is 5.69 Å². The highest BCUT2D eigenvalue weighted by Crippen LogP contribution is 2.55. The molecular weight excluding hydrogens is 222 g/mol. The smallest absolute Gasteiger partial charge is 0.0724 e. The molecule has 1 heterocycles. The van der Waals surface area contributed by atoms with E-state index < -0.39 is 0 Å². The summed E-state index contributed by atoms with van der Waals surface area (Å²) in [6.45, 7) is 0.889. The molecule has 0 atom stereocenters. The van der Waals surface area contributed by atoms with Gasteiger partial charge in [-0.05, 0) is 56.3 Å². The summed E-state index contributed by atoms with van der Waals surface area (Å²) in [4.78, 5) is 8.52. The zero-order valence-corrected chi connectivity index (χ0v) is 10.8. The van der Waals surface area contributed by atoms with E-state index >= 15 is 0 Å². The molecule has 4 saturated carbocycles. The maximum absolute atomic E-state index is 4.37. The number of rotatable bonds is 3. The number of nitrogens with zero attached hydrogens (tertiary/aromatic N) is 2. The maximum atomic E-state index is 4.37. The van der Waals surface area contributed by atoms with Gasteiger partial charge in [-0.25, -0.2) is 0 Å². The summed E-state index contributed by atoms with van der Waals surface area (Å²) in [6, 6.07) is 0. The van der Waals surface area contributed by atoms with Gasteiger partial charge in [0.25, 0.3) is 0 Å². The quantitative estimate of drug-likeness (QED) is 0.886. The molecule has 3 nitrogen and oxygen atoms in total. The third-order valence-corrected chi connectivity index (χ3v) is 5.30. The summed E-state index contributed by atoms with van der Waals surface area (Å²) >= 11 is 0. The molecule has 0 spiro atoms. The Morgan fingerprint density at radius 1 is 1.06 bits per heavy atom. The average molecular weight is 243 g/mol. The fraction of sp³-hybridized carbons (Fsp3) is 0.733. The van der Waals surface area contributed by atoms with Gasteiger partial charge in [0, 0.05) is 30.7 Å². The van der Waals surface area contributed by atoms with Crippen molar-refractivity contribution in [3.05, 3.63) is 24.3 Å². The molecule has 1 aromatic rings. The highest BCUT2D eigenvalue weighted by molar-refractivity contribution is 5.07. The minimum absolute atomic E-state index is 0.437. The van der Waals surface area contributed by atoms with Gasteiger partial charge in [-0.3, -0.25) is 9.97 Å². The molecule has 1 aromatic heterocycles. The van der Waals surface area contributed by atoms with E-state index in [2.05, 4.69) is 15.3 Å². The predicted molar refractivity (Wildman–Crippen MR) is 69.8 cm³/mol. The summed E-state index contributed by atoms with van der Waals surface area (Å²) in [5.74, 6) is 3.02. The Kier molecular flexibility index (Phi) is 2.44. The first-order valence-corrected chi connectivity index (χ1v) is 7.31. The first kappa shape index (κ1) is 10.9. The van der Waals surface area contributed by atoms with Crippen LogP contribution in [0, 0.1) is 17.8 Å². The van der Waals surface area contributed by atoms with Crippen LogP contribution in [-0.4, -0.2) is 15.5 Å². The molecule has 0 saturated heterocycles. The van der Waals surface area contributed by atoms with Crippen LogP contribution in [0.25, 0.3) is 0 Å². The van der Waals surface area contributed by atoms with Gasteiger partial charge >= 0.3 is 0 Å². The van der Waals surface area contributed by atoms with Crippen LogP contribution < -0.4 is 5.32 Å². The van der Waals surface area contributed by atoms with Crippen molar-refractivity contribution in [3.8, 4) is 0 Å². The fourth-order valence-corrected chi connectivity index (χ4v) is 5.03. The standard InChI is InChI=1S/C15H21N3/c1-2-17-14(9-16-1)10-18-15-6-11-3-12(7-15)5-13(4-11)8-15/h1-2,9,11-13,18H,3-8,10H2. The Hall–Kier alpha value is -0.960. The van der Waals surface area contributed by atoms with Crippen molar-refractivity contribution in [3.63, 3.8) is 0 Å². The lowest BCUT2D eigenvalue weighted by atomic mass is 9.53. The van der Waals surface area contributed by atoms with E-state index in [1.165, 1.54) is 38.5 Å². The molecule has 4 aliphatic rings. The Morgan fingerprint density at radius 3 is 2.28 bits per heavy atom. The molecule has 0 unspecified atom stereocenters. The third-order valence-electron chi connectivity index (χ3n) is 5.30. The minimum Gasteiger partial charge on any atom is -0.306 e. The second-order valence-corrected chi connectivity index (χ2v) is 6.75. The summed E-state index contributed by atoms with van der Waals surface area (Å²) < 4.78 is 0. The molecule has 0 aliphatic heterocycles. The first-order valence-electron chi connectivity index (χ1n) is 7.31. The third kappa shape index (κ3) is 1.85. The molecule has 3 heteroatoms. The van der Waals surface area contributed by atoms with E-state index in [1.54, 1.807) is 12.4 Å². The fourth-order valence-electron chi connectivity index (χ4n) is 5.03. The molecule has 1 N–H and O–H groups in total. The summed E-state index contributed by atoms with van der Waals surface area (Å²) in [6.07, 6.45) is 14.1. The molecule has 4 bridgehead atoms. The van der Waals surface area contributed by atoms with Crippen LogP contribution in [0.2, 0.25) is 0 Å². The van der Waals surface area contributed by atoms with Crippen LogP contribution in [0.1, 0.15) is 44.2 Å². The molecule has 4 aliphatic carbocycles. The predicted octanol–water partition coefficient (Wildman–Crippen LogP) is 2.54. The summed E-state index contributed by atoms with van der Waals surface area (Å²) in [7, 11) is 0. The van der Waals surface area contributed by atoms with Crippen LogP contribution in [0.4, 0.5) is 0 Å². The summed E-state index contributed by atoms with van der Waals surface area (Å²) in [5.41, 5.74) is 1.51. The van der Waals surface area contributed by atoms with Gasteiger partial charge in [-0.1, -0.05) is 0 Å². The molecule has 4 fully saturated rings. The van der Waals surface area contributed by atoms with Crippen molar-refractivity contribution in [2.45, 2.75) is 50.6 Å². The zero-order valence-electron chi connectivity index (χ0n) is 10.8. The van der Waals surface area contributed by atoms with Gasteiger partial charge in [0.2, 0.25) is 0 Å². The van der Waals surface area contributed by atoms with Crippen LogP contribution >= 0.6 is 0 Å². The maximum Gasteiger partial charge on any atom is 0.0724 e. The monoisotopic (exact) mass is 243 g/mol. The van der Waals surface area contributed by atoms with Crippen molar-refractivity contribution in [2.75, 3.05) is 0 Å². The summed E-state index contributed by atoms with van der Waals surface area (Å²) in [5, 5.41) is 3.84. The molecule has 0 aromatic carbocycles. The van der Waals surface area contributed by atoms with Crippen molar-refractivity contribution >= 4 is 0 Å². The normalized spacial score (nSPS) is 41.2. The Labute approximate surface area is 108 Å². The highest BCUT2D eigenvalue weighted by atomic mass is 15.0. The van der Waals surface area contributed by atoms with Gasteiger partial charge < -0.3 is 5.32 Å². The van der Waals surface area contributed by atoms with E-state index in [0.717, 1.165) is 30.0 Å². The van der Waals surface area contributed by atoms with Gasteiger partial charge in [-0.2, -0.15) is 0 Å². The van der Waals surface area contributed by atoms with Crippen molar-refractivity contribution in [2.24, 2.45) is 17.8 Å². The van der Waals surface area contributed by atoms with Crippen molar-refractivity contribution in [1.29, 1.82) is 0 Å². The molecular formula is C15H21N3. The number of hydrogen-bond acceptors (Lipinski definition) is 3. The highest BCUT2D eigenvalue weighted by Gasteiger charge is 2.50. The molecule has 0 radical (unpaired) electrons. The van der Waals surface area contributed by atoms with E-state index in [9.17, 15) is 0 Å². The zero-order chi connectivity index (χ0) is 12.0. The SMILES string of the molecule is c1cnc(CNC23CC4CC(CC(C4)C2)C3)cn1. The number of aromatic nitrogens is 2. The second kappa shape index (κ2) is 4.02. The lowest BCUT2D eigenvalue weighted by Gasteiger charge is -2.57. The Balaban J connectivity index is 1.48. The Morgan fingerprint density at radius 2 is 1.72 bits per heavy atom. The van der Waals surface area contributed by atoms with Gasteiger partial charge in [0.15, 0.2) is 0 Å². The van der Waals surface area contributed by atoms with E-state index in [4.69, 9.17) is 0 Å². The van der Waals surface area contributed by atoms with Gasteiger partial charge in [-0.15, -0.1) is 0 Å². The number of nitrogens with one attached hydrogen (secondary N) is 1. The first-order chi connectivity index (χ1) is 8.81. The second-order valence-electron chi connectivity index (χ2n) is 6.75. The largest absolute Gasteiger partial charge is 0.306 e. The minimum atomic E-state index is 0.437. The van der Waals surface area contributed by atoms with Crippen LogP contribution in [0.5, 0.6) is 0 Å². The van der Waals surface area contributed by atoms with Gasteiger partial charge in [0.1, 0.15) is 0 Å². The van der Waals surface area contributed by atoms with Crippen molar-refractivity contribution in [1.82, 2.24) is 15.3 Å². The molecule has 18 heavy (non-hydrogen) atoms. The lowest BCUT2D eigenvalue weighted by Crippen LogP contribution is -2.58.